The van der Waals surface area contributed by atoms with Gasteiger partial charge in [-0.2, -0.15) is 0 Å². The maximum atomic E-state index is 10.3. The van der Waals surface area contributed by atoms with E-state index in [-0.39, 0.29) is 5.75 Å². The first-order chi connectivity index (χ1) is 5.27. The summed E-state index contributed by atoms with van der Waals surface area (Å²) in [7, 11) is 0. The molecule has 0 aliphatic rings. The number of phenolic OH excluding ortho intramolecular Hbond substituents is 1. The zero-order valence-electron chi connectivity index (χ0n) is 6.37. The predicted molar refractivity (Wildman–Crippen MR) is 42.9 cm³/mol. The van der Waals surface area contributed by atoms with E-state index in [0.29, 0.717) is 5.56 Å². The van der Waals surface area contributed by atoms with Gasteiger partial charge in [-0.1, -0.05) is 6.92 Å². The summed E-state index contributed by atoms with van der Waals surface area (Å²) in [5.41, 5.74) is 1.43. The zero-order valence-corrected chi connectivity index (χ0v) is 6.37. The van der Waals surface area contributed by atoms with Crippen molar-refractivity contribution in [1.29, 1.82) is 0 Å². The van der Waals surface area contributed by atoms with E-state index in [1.165, 1.54) is 0 Å². The zero-order chi connectivity index (χ0) is 8.27. The van der Waals surface area contributed by atoms with Crippen molar-refractivity contribution in [2.75, 3.05) is 0 Å². The minimum atomic E-state index is 0.262. The highest BCUT2D eigenvalue weighted by molar-refractivity contribution is 5.75. The molecular formula is C9H10O2. The Morgan fingerprint density at radius 3 is 2.82 bits per heavy atom. The number of hydrogen-bond acceptors (Lipinski definition) is 2. The number of aryl methyl sites for hydroxylation is 1. The maximum absolute atomic E-state index is 10.3. The van der Waals surface area contributed by atoms with Gasteiger partial charge in [-0.15, -0.1) is 0 Å². The van der Waals surface area contributed by atoms with E-state index >= 15 is 0 Å². The summed E-state index contributed by atoms with van der Waals surface area (Å²) in [6.07, 6.45) is 1.52. The van der Waals surface area contributed by atoms with E-state index < -0.39 is 0 Å². The number of aromatic hydroxyl groups is 1. The van der Waals surface area contributed by atoms with Crippen molar-refractivity contribution in [3.63, 3.8) is 0 Å². The van der Waals surface area contributed by atoms with Crippen molar-refractivity contribution in [2.45, 2.75) is 13.3 Å². The van der Waals surface area contributed by atoms with Crippen LogP contribution in [0.2, 0.25) is 0 Å². The Morgan fingerprint density at radius 2 is 2.27 bits per heavy atom. The predicted octanol–water partition coefficient (Wildman–Crippen LogP) is 1.77. The molecule has 0 spiro atoms. The number of benzene rings is 1. The van der Waals surface area contributed by atoms with Gasteiger partial charge in [0.05, 0.1) is 0 Å². The molecule has 0 fully saturated rings. The first-order valence-electron chi connectivity index (χ1n) is 3.55. The molecule has 1 aromatic rings. The van der Waals surface area contributed by atoms with Gasteiger partial charge in [-0.25, -0.2) is 0 Å². The largest absolute Gasteiger partial charge is 0.508 e. The van der Waals surface area contributed by atoms with Gasteiger partial charge in [0.15, 0.2) is 0 Å². The third-order valence-electron chi connectivity index (χ3n) is 1.62. The molecule has 0 unspecified atom stereocenters. The number of hydrogen-bond donors (Lipinski definition) is 1. The Bertz CT molecular complexity index is 266. The first kappa shape index (κ1) is 7.79. The average Bonchev–Trinajstić information content (AvgIpc) is 2.05. The van der Waals surface area contributed by atoms with E-state index in [1.807, 2.05) is 6.92 Å². The highest BCUT2D eigenvalue weighted by atomic mass is 16.3. The van der Waals surface area contributed by atoms with Crippen LogP contribution in [-0.4, -0.2) is 11.4 Å². The fourth-order valence-electron chi connectivity index (χ4n) is 0.962. The quantitative estimate of drug-likeness (QED) is 0.652. The van der Waals surface area contributed by atoms with Gasteiger partial charge in [-0.05, 0) is 30.2 Å². The van der Waals surface area contributed by atoms with Crippen molar-refractivity contribution in [2.24, 2.45) is 0 Å². The van der Waals surface area contributed by atoms with Crippen LogP contribution in [0.25, 0.3) is 0 Å². The molecule has 0 heterocycles. The molecule has 0 atom stereocenters. The summed E-state index contributed by atoms with van der Waals surface area (Å²) in [6, 6.07) is 4.84. The third kappa shape index (κ3) is 1.58. The Morgan fingerprint density at radius 1 is 1.55 bits per heavy atom. The summed E-state index contributed by atoms with van der Waals surface area (Å²) in [6.45, 7) is 1.93. The smallest absolute Gasteiger partial charge is 0.150 e. The summed E-state index contributed by atoms with van der Waals surface area (Å²) >= 11 is 0. The minimum absolute atomic E-state index is 0.262. The maximum Gasteiger partial charge on any atom is 0.150 e. The molecule has 0 aliphatic heterocycles. The second-order valence-electron chi connectivity index (χ2n) is 2.36. The number of phenols is 1. The Kier molecular flexibility index (Phi) is 2.26. The van der Waals surface area contributed by atoms with Crippen LogP contribution < -0.4 is 0 Å². The molecule has 0 bridgehead atoms. The molecule has 0 saturated heterocycles. The number of rotatable bonds is 2. The lowest BCUT2D eigenvalue weighted by molar-refractivity contribution is 0.112. The molecule has 0 amide bonds. The fraction of sp³-hybridized carbons (Fsp3) is 0.222. The van der Waals surface area contributed by atoms with Gasteiger partial charge in [0.2, 0.25) is 0 Å². The molecule has 0 aliphatic carbocycles. The number of carbonyl (C=O) groups excluding carboxylic acids is 1. The third-order valence-corrected chi connectivity index (χ3v) is 1.62. The highest BCUT2D eigenvalue weighted by Crippen LogP contribution is 2.17. The molecule has 58 valence electrons. The number of carbonyl (C=O) groups is 1. The molecule has 0 aromatic heterocycles. The summed E-state index contributed by atoms with van der Waals surface area (Å²) in [5, 5.41) is 9.21. The summed E-state index contributed by atoms with van der Waals surface area (Å²) in [4.78, 5) is 10.3. The standard InChI is InChI=1S/C9H10O2/c1-2-8-5-7(6-10)3-4-9(8)11/h3-6,11H,2H2,1H3. The lowest BCUT2D eigenvalue weighted by atomic mass is 10.1. The van der Waals surface area contributed by atoms with Crippen LogP contribution in [-0.2, 0) is 6.42 Å². The van der Waals surface area contributed by atoms with E-state index in [1.54, 1.807) is 18.2 Å². The van der Waals surface area contributed by atoms with E-state index in [4.69, 9.17) is 0 Å². The molecule has 11 heavy (non-hydrogen) atoms. The van der Waals surface area contributed by atoms with Gasteiger partial charge < -0.3 is 5.11 Å². The van der Waals surface area contributed by atoms with Gasteiger partial charge in [-0.3, -0.25) is 4.79 Å². The number of aldehydes is 1. The van der Waals surface area contributed by atoms with Crippen molar-refractivity contribution < 1.29 is 9.90 Å². The Hall–Kier alpha value is -1.31. The SMILES string of the molecule is CCc1cc(C=O)ccc1O. The van der Waals surface area contributed by atoms with Gasteiger partial charge in [0.25, 0.3) is 0 Å². The lowest BCUT2D eigenvalue weighted by Crippen LogP contribution is -1.85. The first-order valence-corrected chi connectivity index (χ1v) is 3.55. The van der Waals surface area contributed by atoms with Crippen LogP contribution in [0.3, 0.4) is 0 Å². The molecule has 2 heteroatoms. The second kappa shape index (κ2) is 3.19. The van der Waals surface area contributed by atoms with Crippen LogP contribution >= 0.6 is 0 Å². The van der Waals surface area contributed by atoms with Crippen LogP contribution in [0, 0.1) is 0 Å². The Labute approximate surface area is 65.5 Å². The second-order valence-corrected chi connectivity index (χ2v) is 2.36. The van der Waals surface area contributed by atoms with E-state index in [9.17, 15) is 9.90 Å². The van der Waals surface area contributed by atoms with Crippen molar-refractivity contribution >= 4 is 6.29 Å². The molecule has 1 N–H and O–H groups in total. The molecular weight excluding hydrogens is 140 g/mol. The molecule has 1 rings (SSSR count). The topological polar surface area (TPSA) is 37.3 Å². The minimum Gasteiger partial charge on any atom is -0.508 e. The monoisotopic (exact) mass is 150 g/mol. The van der Waals surface area contributed by atoms with E-state index in [2.05, 4.69) is 0 Å². The fourth-order valence-corrected chi connectivity index (χ4v) is 0.962. The lowest BCUT2D eigenvalue weighted by Gasteiger charge is -2.00. The van der Waals surface area contributed by atoms with Crippen LogP contribution in [0.5, 0.6) is 5.75 Å². The molecule has 2 nitrogen and oxygen atoms in total. The van der Waals surface area contributed by atoms with Gasteiger partial charge in [0, 0.05) is 5.56 Å². The summed E-state index contributed by atoms with van der Waals surface area (Å²) < 4.78 is 0. The van der Waals surface area contributed by atoms with Crippen molar-refractivity contribution in [1.82, 2.24) is 0 Å². The summed E-state index contributed by atoms with van der Waals surface area (Å²) in [5.74, 6) is 0.262. The van der Waals surface area contributed by atoms with Crippen molar-refractivity contribution in [3.8, 4) is 5.75 Å². The normalized spacial score (nSPS) is 9.55. The molecule has 0 radical (unpaired) electrons. The van der Waals surface area contributed by atoms with Crippen LogP contribution in [0.4, 0.5) is 0 Å². The van der Waals surface area contributed by atoms with Crippen LogP contribution in [0.15, 0.2) is 18.2 Å². The van der Waals surface area contributed by atoms with Crippen LogP contribution in [0.1, 0.15) is 22.8 Å². The highest BCUT2D eigenvalue weighted by Gasteiger charge is 1.98. The van der Waals surface area contributed by atoms with Gasteiger partial charge in [0.1, 0.15) is 12.0 Å². The van der Waals surface area contributed by atoms with Gasteiger partial charge >= 0.3 is 0 Å². The average molecular weight is 150 g/mol. The van der Waals surface area contributed by atoms with E-state index in [0.717, 1.165) is 18.3 Å². The van der Waals surface area contributed by atoms with Crippen molar-refractivity contribution in [3.05, 3.63) is 29.3 Å². The Balaban J connectivity index is 3.12. The molecule has 1 aromatic carbocycles. The molecule has 0 saturated carbocycles.